The average molecular weight is 412 g/mol. The van der Waals surface area contributed by atoms with Crippen LogP contribution in [0.25, 0.3) is 44.5 Å². The summed E-state index contributed by atoms with van der Waals surface area (Å²) < 4.78 is 0. The first-order valence-corrected chi connectivity index (χ1v) is 11.0. The molecule has 0 unspecified atom stereocenters. The molecule has 1 heterocycles. The monoisotopic (exact) mass is 411 g/mol. The summed E-state index contributed by atoms with van der Waals surface area (Å²) in [5.74, 6) is 0. The topological polar surface area (TPSA) is 12.9 Å². The number of hydrogen-bond donors (Lipinski definition) is 0. The van der Waals surface area contributed by atoms with Crippen LogP contribution in [0.15, 0.2) is 104 Å². The minimum absolute atomic E-state index is 1.00. The minimum Gasteiger partial charge on any atom is -0.256 e. The van der Waals surface area contributed by atoms with Gasteiger partial charge in [-0.1, -0.05) is 103 Å². The van der Waals surface area contributed by atoms with Crippen LogP contribution >= 0.6 is 0 Å². The molecule has 1 heteroatoms. The molecule has 0 atom stereocenters. The highest BCUT2D eigenvalue weighted by atomic mass is 14.7. The van der Waals surface area contributed by atoms with Crippen molar-refractivity contribution in [1.82, 2.24) is 4.98 Å². The standard InChI is InChI=1S/C31H25N/c1-4-22-11-6-7-12-25(22)24(5-2)30-27-14-9-8-13-26(27)29(23-18-16-21(3)17-19-23)28-15-10-20-32-31(28)30/h4-20H,2H2,1,3H3/b22-4-,25-24+. The van der Waals surface area contributed by atoms with Gasteiger partial charge in [0.15, 0.2) is 0 Å². The smallest absolute Gasteiger partial charge is 0.0793 e. The zero-order chi connectivity index (χ0) is 22.1. The number of aromatic nitrogens is 1. The van der Waals surface area contributed by atoms with Crippen LogP contribution in [0.3, 0.4) is 0 Å². The molecule has 0 aliphatic rings. The van der Waals surface area contributed by atoms with E-state index in [1.807, 2.05) is 18.3 Å². The van der Waals surface area contributed by atoms with E-state index in [4.69, 9.17) is 4.98 Å². The van der Waals surface area contributed by atoms with Crippen LogP contribution in [0.1, 0.15) is 18.1 Å². The van der Waals surface area contributed by atoms with Crippen molar-refractivity contribution in [1.29, 1.82) is 0 Å². The molecule has 0 fully saturated rings. The van der Waals surface area contributed by atoms with Crippen molar-refractivity contribution in [2.24, 2.45) is 0 Å². The quantitative estimate of drug-likeness (QED) is 0.307. The van der Waals surface area contributed by atoms with Crippen LogP contribution in [0.2, 0.25) is 0 Å². The maximum atomic E-state index is 4.91. The predicted octanol–water partition coefficient (Wildman–Crippen LogP) is 6.55. The first-order valence-electron chi connectivity index (χ1n) is 11.0. The lowest BCUT2D eigenvalue weighted by Gasteiger charge is -2.17. The molecule has 154 valence electrons. The normalized spacial score (nSPS) is 12.9. The Morgan fingerprint density at radius 2 is 1.47 bits per heavy atom. The van der Waals surface area contributed by atoms with E-state index in [0.717, 1.165) is 22.0 Å². The SMILES string of the molecule is C=C/C(c1c2ccccc2c(-c2ccc(C)cc2)c2cccnc12)=c1/cccc/c1=C/C. The molecule has 32 heavy (non-hydrogen) atoms. The molecule has 4 aromatic carbocycles. The molecule has 0 spiro atoms. The van der Waals surface area contributed by atoms with Crippen LogP contribution in [0.4, 0.5) is 0 Å². The fraction of sp³-hybridized carbons (Fsp3) is 0.0645. The van der Waals surface area contributed by atoms with Gasteiger partial charge in [-0.2, -0.15) is 0 Å². The molecule has 0 saturated carbocycles. The Kier molecular flexibility index (Phi) is 5.17. The number of hydrogen-bond acceptors (Lipinski definition) is 1. The molecule has 0 radical (unpaired) electrons. The molecule has 1 aromatic heterocycles. The van der Waals surface area contributed by atoms with Gasteiger partial charge in [-0.25, -0.2) is 0 Å². The third-order valence-electron chi connectivity index (χ3n) is 6.16. The largest absolute Gasteiger partial charge is 0.256 e. The van der Waals surface area contributed by atoms with Gasteiger partial charge in [0.05, 0.1) is 5.52 Å². The van der Waals surface area contributed by atoms with Gasteiger partial charge in [0.1, 0.15) is 0 Å². The Hall–Kier alpha value is -3.97. The molecule has 5 aromatic rings. The molecule has 0 bridgehead atoms. The van der Waals surface area contributed by atoms with Gasteiger partial charge < -0.3 is 0 Å². The molecule has 1 nitrogen and oxygen atoms in total. The number of fused-ring (bicyclic) bond motifs is 2. The van der Waals surface area contributed by atoms with Gasteiger partial charge in [-0.15, -0.1) is 0 Å². The molecular formula is C31H25N. The van der Waals surface area contributed by atoms with E-state index in [0.29, 0.717) is 0 Å². The lowest BCUT2D eigenvalue weighted by molar-refractivity contribution is 1.40. The Labute approximate surface area is 188 Å². The third kappa shape index (κ3) is 3.23. The summed E-state index contributed by atoms with van der Waals surface area (Å²) in [5, 5.41) is 5.94. The van der Waals surface area contributed by atoms with E-state index < -0.39 is 0 Å². The van der Waals surface area contributed by atoms with E-state index in [1.165, 1.54) is 37.9 Å². The highest BCUT2D eigenvalue weighted by Gasteiger charge is 2.17. The van der Waals surface area contributed by atoms with Crippen molar-refractivity contribution in [3.8, 4) is 11.1 Å². The Morgan fingerprint density at radius 1 is 0.781 bits per heavy atom. The van der Waals surface area contributed by atoms with Crippen molar-refractivity contribution in [3.63, 3.8) is 0 Å². The number of pyridine rings is 1. The zero-order valence-corrected chi connectivity index (χ0v) is 18.5. The van der Waals surface area contributed by atoms with E-state index in [-0.39, 0.29) is 0 Å². The molecule has 0 aliphatic carbocycles. The maximum Gasteiger partial charge on any atom is 0.0793 e. The van der Waals surface area contributed by atoms with E-state index in [9.17, 15) is 0 Å². The third-order valence-corrected chi connectivity index (χ3v) is 6.16. The van der Waals surface area contributed by atoms with E-state index in [2.05, 4.69) is 105 Å². The summed E-state index contributed by atoms with van der Waals surface area (Å²) in [4.78, 5) is 4.91. The van der Waals surface area contributed by atoms with Crippen LogP contribution < -0.4 is 10.4 Å². The molecule has 0 N–H and O–H groups in total. The van der Waals surface area contributed by atoms with Crippen LogP contribution in [0.5, 0.6) is 0 Å². The fourth-order valence-electron chi connectivity index (χ4n) is 4.64. The maximum absolute atomic E-state index is 4.91. The van der Waals surface area contributed by atoms with Gasteiger partial charge in [0.2, 0.25) is 0 Å². The van der Waals surface area contributed by atoms with Crippen molar-refractivity contribution in [3.05, 3.63) is 125 Å². The Morgan fingerprint density at radius 3 is 2.22 bits per heavy atom. The second kappa shape index (κ2) is 8.28. The highest BCUT2D eigenvalue weighted by Crippen LogP contribution is 2.40. The summed E-state index contributed by atoms with van der Waals surface area (Å²) in [5.41, 5.74) is 6.94. The Balaban J connectivity index is 2.04. The Bertz CT molecular complexity index is 1530. The van der Waals surface area contributed by atoms with Gasteiger partial charge in [0, 0.05) is 17.1 Å². The molecule has 0 saturated heterocycles. The van der Waals surface area contributed by atoms with Crippen molar-refractivity contribution >= 4 is 33.3 Å². The van der Waals surface area contributed by atoms with Crippen LogP contribution in [0, 0.1) is 6.92 Å². The fourth-order valence-corrected chi connectivity index (χ4v) is 4.64. The van der Waals surface area contributed by atoms with E-state index >= 15 is 0 Å². The van der Waals surface area contributed by atoms with Crippen molar-refractivity contribution in [2.75, 3.05) is 0 Å². The first-order chi connectivity index (χ1) is 15.7. The number of benzene rings is 4. The van der Waals surface area contributed by atoms with Gasteiger partial charge in [-0.3, -0.25) is 4.98 Å². The molecule has 0 aliphatic heterocycles. The average Bonchev–Trinajstić information content (AvgIpc) is 2.85. The van der Waals surface area contributed by atoms with Crippen LogP contribution in [-0.4, -0.2) is 4.98 Å². The summed E-state index contributed by atoms with van der Waals surface area (Å²) in [7, 11) is 0. The summed E-state index contributed by atoms with van der Waals surface area (Å²) in [6.45, 7) is 8.42. The van der Waals surface area contributed by atoms with Crippen LogP contribution in [-0.2, 0) is 0 Å². The predicted molar refractivity (Wildman–Crippen MR) is 138 cm³/mol. The first kappa shape index (κ1) is 20.0. The highest BCUT2D eigenvalue weighted by molar-refractivity contribution is 6.18. The summed E-state index contributed by atoms with van der Waals surface area (Å²) in [6.07, 6.45) is 6.01. The molecular weight excluding hydrogens is 386 g/mol. The molecule has 5 rings (SSSR count). The number of allylic oxidation sites excluding steroid dienone is 1. The second-order valence-corrected chi connectivity index (χ2v) is 8.05. The minimum atomic E-state index is 1.00. The number of nitrogens with zero attached hydrogens (tertiary/aromatic N) is 1. The van der Waals surface area contributed by atoms with E-state index in [1.54, 1.807) is 0 Å². The summed E-state index contributed by atoms with van der Waals surface area (Å²) in [6, 6.07) is 30.1. The molecule has 0 amide bonds. The van der Waals surface area contributed by atoms with Crippen molar-refractivity contribution in [2.45, 2.75) is 13.8 Å². The number of aryl methyl sites for hydroxylation is 1. The zero-order valence-electron chi connectivity index (χ0n) is 18.5. The summed E-state index contributed by atoms with van der Waals surface area (Å²) >= 11 is 0. The lowest BCUT2D eigenvalue weighted by atomic mass is 9.87. The van der Waals surface area contributed by atoms with Gasteiger partial charge in [0.25, 0.3) is 0 Å². The van der Waals surface area contributed by atoms with Crippen molar-refractivity contribution < 1.29 is 0 Å². The lowest BCUT2D eigenvalue weighted by Crippen LogP contribution is -2.26. The van der Waals surface area contributed by atoms with Gasteiger partial charge >= 0.3 is 0 Å². The van der Waals surface area contributed by atoms with Gasteiger partial charge in [-0.05, 0) is 57.8 Å². The number of rotatable bonds is 3. The second-order valence-electron chi connectivity index (χ2n) is 8.05.